The van der Waals surface area contributed by atoms with Crippen LogP contribution in [0.15, 0.2) is 36.5 Å². The standard InChI is InChI=1S/C12H10ClFN2O/c1-17-11-6-9(3-4-10(11)14)16-12-5-2-8(13)7-15-12/h2-7H,1H3,(H,15,16). The minimum Gasteiger partial charge on any atom is -0.494 e. The van der Waals surface area contributed by atoms with Gasteiger partial charge in [-0.05, 0) is 24.3 Å². The van der Waals surface area contributed by atoms with Crippen LogP contribution < -0.4 is 10.1 Å². The number of rotatable bonds is 3. The van der Waals surface area contributed by atoms with Gasteiger partial charge in [-0.1, -0.05) is 11.6 Å². The third kappa shape index (κ3) is 2.85. The van der Waals surface area contributed by atoms with Crippen LogP contribution in [0.5, 0.6) is 5.75 Å². The van der Waals surface area contributed by atoms with Crippen molar-refractivity contribution in [3.63, 3.8) is 0 Å². The van der Waals surface area contributed by atoms with Gasteiger partial charge < -0.3 is 10.1 Å². The highest BCUT2D eigenvalue weighted by Crippen LogP contribution is 2.23. The van der Waals surface area contributed by atoms with Crippen molar-refractivity contribution in [3.05, 3.63) is 47.4 Å². The summed E-state index contributed by atoms with van der Waals surface area (Å²) in [6, 6.07) is 7.95. The maximum atomic E-state index is 13.2. The molecule has 1 N–H and O–H groups in total. The van der Waals surface area contributed by atoms with Gasteiger partial charge in [0, 0.05) is 18.0 Å². The van der Waals surface area contributed by atoms with Gasteiger partial charge >= 0.3 is 0 Å². The molecule has 17 heavy (non-hydrogen) atoms. The molecule has 2 rings (SSSR count). The van der Waals surface area contributed by atoms with Crippen LogP contribution in [0.1, 0.15) is 0 Å². The Kier molecular flexibility index (Phi) is 3.44. The van der Waals surface area contributed by atoms with Gasteiger partial charge in [-0.15, -0.1) is 0 Å². The number of halogens is 2. The van der Waals surface area contributed by atoms with Crippen LogP contribution in [0.25, 0.3) is 0 Å². The molecule has 0 aliphatic carbocycles. The van der Waals surface area contributed by atoms with Crippen LogP contribution in [0.2, 0.25) is 5.02 Å². The van der Waals surface area contributed by atoms with Gasteiger partial charge in [0.15, 0.2) is 11.6 Å². The first-order valence-electron chi connectivity index (χ1n) is 4.91. The van der Waals surface area contributed by atoms with Crippen LogP contribution in [-0.4, -0.2) is 12.1 Å². The van der Waals surface area contributed by atoms with E-state index < -0.39 is 5.82 Å². The van der Waals surface area contributed by atoms with Crippen LogP contribution in [0, 0.1) is 5.82 Å². The highest BCUT2D eigenvalue weighted by Gasteiger charge is 2.03. The molecule has 0 radical (unpaired) electrons. The Morgan fingerprint density at radius 3 is 2.76 bits per heavy atom. The number of ether oxygens (including phenoxy) is 1. The van der Waals surface area contributed by atoms with Crippen molar-refractivity contribution in [1.82, 2.24) is 4.98 Å². The molecular weight excluding hydrogens is 243 g/mol. The molecular formula is C12H10ClFN2O. The van der Waals surface area contributed by atoms with Crippen LogP contribution in [-0.2, 0) is 0 Å². The minimum absolute atomic E-state index is 0.184. The average molecular weight is 253 g/mol. The van der Waals surface area contributed by atoms with Crippen LogP contribution >= 0.6 is 11.6 Å². The Bertz CT molecular complexity index is 516. The molecule has 1 aromatic carbocycles. The molecule has 0 saturated heterocycles. The fourth-order valence-electron chi connectivity index (χ4n) is 1.34. The molecule has 0 amide bonds. The summed E-state index contributed by atoms with van der Waals surface area (Å²) in [5.41, 5.74) is 0.693. The predicted octanol–water partition coefficient (Wildman–Crippen LogP) is 3.63. The Morgan fingerprint density at radius 2 is 2.12 bits per heavy atom. The molecule has 0 atom stereocenters. The maximum Gasteiger partial charge on any atom is 0.165 e. The molecule has 0 aliphatic heterocycles. The highest BCUT2D eigenvalue weighted by molar-refractivity contribution is 6.30. The van der Waals surface area contributed by atoms with Crippen molar-refractivity contribution < 1.29 is 9.13 Å². The molecule has 0 bridgehead atoms. The number of hydrogen-bond donors (Lipinski definition) is 1. The van der Waals surface area contributed by atoms with Crippen molar-refractivity contribution in [2.45, 2.75) is 0 Å². The van der Waals surface area contributed by atoms with Crippen molar-refractivity contribution in [2.75, 3.05) is 12.4 Å². The molecule has 0 fully saturated rings. The van der Waals surface area contributed by atoms with Crippen LogP contribution in [0.4, 0.5) is 15.9 Å². The molecule has 0 unspecified atom stereocenters. The lowest BCUT2D eigenvalue weighted by atomic mass is 10.3. The lowest BCUT2D eigenvalue weighted by Gasteiger charge is -2.08. The second-order valence-corrected chi connectivity index (χ2v) is 3.77. The summed E-state index contributed by atoms with van der Waals surface area (Å²) in [5.74, 6) is 0.411. The van der Waals surface area contributed by atoms with E-state index in [4.69, 9.17) is 16.3 Å². The monoisotopic (exact) mass is 252 g/mol. The molecule has 0 spiro atoms. The first kappa shape index (κ1) is 11.7. The first-order chi connectivity index (χ1) is 8.19. The van der Waals surface area contributed by atoms with E-state index in [9.17, 15) is 4.39 Å². The van der Waals surface area contributed by atoms with Crippen molar-refractivity contribution in [1.29, 1.82) is 0 Å². The van der Waals surface area contributed by atoms with E-state index >= 15 is 0 Å². The summed E-state index contributed by atoms with van der Waals surface area (Å²) >= 11 is 5.72. The Morgan fingerprint density at radius 1 is 1.29 bits per heavy atom. The van der Waals surface area contributed by atoms with Gasteiger partial charge in [-0.2, -0.15) is 0 Å². The number of anilines is 2. The largest absolute Gasteiger partial charge is 0.494 e. The molecule has 1 aromatic heterocycles. The topological polar surface area (TPSA) is 34.1 Å². The summed E-state index contributed by atoms with van der Waals surface area (Å²) in [7, 11) is 1.42. The molecule has 2 aromatic rings. The zero-order valence-corrected chi connectivity index (χ0v) is 9.83. The smallest absolute Gasteiger partial charge is 0.165 e. The summed E-state index contributed by atoms with van der Waals surface area (Å²) in [5, 5.41) is 3.58. The van der Waals surface area contributed by atoms with E-state index in [0.29, 0.717) is 16.5 Å². The van der Waals surface area contributed by atoms with Gasteiger partial charge in [-0.25, -0.2) is 9.37 Å². The van der Waals surface area contributed by atoms with Gasteiger partial charge in [0.05, 0.1) is 12.1 Å². The minimum atomic E-state index is -0.401. The van der Waals surface area contributed by atoms with E-state index in [-0.39, 0.29) is 5.75 Å². The second kappa shape index (κ2) is 5.01. The summed E-state index contributed by atoms with van der Waals surface area (Å²) < 4.78 is 18.1. The van der Waals surface area contributed by atoms with Crippen molar-refractivity contribution in [2.24, 2.45) is 0 Å². The molecule has 88 valence electrons. The third-order valence-corrected chi connectivity index (χ3v) is 2.37. The summed E-state index contributed by atoms with van der Waals surface area (Å²) in [6.07, 6.45) is 1.53. The SMILES string of the molecule is COc1cc(Nc2ccc(Cl)cn2)ccc1F. The Balaban J connectivity index is 2.21. The average Bonchev–Trinajstić information content (AvgIpc) is 2.34. The Labute approximate surface area is 103 Å². The van der Waals surface area contributed by atoms with E-state index in [0.717, 1.165) is 0 Å². The molecule has 0 aliphatic rings. The number of nitrogens with one attached hydrogen (secondary N) is 1. The van der Waals surface area contributed by atoms with E-state index in [1.807, 2.05) is 0 Å². The van der Waals surface area contributed by atoms with Gasteiger partial charge in [0.2, 0.25) is 0 Å². The molecule has 1 heterocycles. The quantitative estimate of drug-likeness (QED) is 0.906. The van der Waals surface area contributed by atoms with Gasteiger partial charge in [0.25, 0.3) is 0 Å². The second-order valence-electron chi connectivity index (χ2n) is 3.34. The number of nitrogens with zero attached hydrogens (tertiary/aromatic N) is 1. The summed E-state index contributed by atoms with van der Waals surface area (Å²) in [4.78, 5) is 4.07. The summed E-state index contributed by atoms with van der Waals surface area (Å²) in [6.45, 7) is 0. The van der Waals surface area contributed by atoms with E-state index in [2.05, 4.69) is 10.3 Å². The van der Waals surface area contributed by atoms with Crippen molar-refractivity contribution >= 4 is 23.1 Å². The zero-order valence-electron chi connectivity index (χ0n) is 9.08. The first-order valence-corrected chi connectivity index (χ1v) is 5.29. The molecule has 3 nitrogen and oxygen atoms in total. The number of pyridine rings is 1. The number of methoxy groups -OCH3 is 1. The fraction of sp³-hybridized carbons (Fsp3) is 0.0833. The van der Waals surface area contributed by atoms with E-state index in [1.165, 1.54) is 19.4 Å². The maximum absolute atomic E-state index is 13.2. The molecule has 0 saturated carbocycles. The van der Waals surface area contributed by atoms with Crippen molar-refractivity contribution in [3.8, 4) is 5.75 Å². The lowest BCUT2D eigenvalue weighted by Crippen LogP contribution is -1.95. The third-order valence-electron chi connectivity index (χ3n) is 2.15. The normalized spacial score (nSPS) is 10.1. The van der Waals surface area contributed by atoms with E-state index in [1.54, 1.807) is 24.3 Å². The zero-order chi connectivity index (χ0) is 12.3. The number of hydrogen-bond acceptors (Lipinski definition) is 3. The number of aromatic nitrogens is 1. The van der Waals surface area contributed by atoms with Crippen LogP contribution in [0.3, 0.4) is 0 Å². The number of benzene rings is 1. The fourth-order valence-corrected chi connectivity index (χ4v) is 1.45. The highest BCUT2D eigenvalue weighted by atomic mass is 35.5. The Hall–Kier alpha value is -1.81. The van der Waals surface area contributed by atoms with Gasteiger partial charge in [0.1, 0.15) is 5.82 Å². The predicted molar refractivity (Wildman–Crippen MR) is 65.5 cm³/mol. The van der Waals surface area contributed by atoms with Gasteiger partial charge in [-0.3, -0.25) is 0 Å². The lowest BCUT2D eigenvalue weighted by molar-refractivity contribution is 0.387. The molecule has 5 heteroatoms.